The molecule has 2 aliphatic rings. The van der Waals surface area contributed by atoms with Gasteiger partial charge in [0.05, 0.1) is 6.10 Å². The van der Waals surface area contributed by atoms with Crippen molar-refractivity contribution >= 4 is 0 Å². The van der Waals surface area contributed by atoms with Gasteiger partial charge in [0.2, 0.25) is 0 Å². The number of hydrogen-bond acceptors (Lipinski definition) is 3. The highest BCUT2D eigenvalue weighted by Crippen LogP contribution is 2.45. The molecule has 3 nitrogen and oxygen atoms in total. The first-order valence-corrected chi connectivity index (χ1v) is 8.00. The second-order valence-electron chi connectivity index (χ2n) is 7.09. The SMILES string of the molecule is CCC(C)C1CN(C2CC(OC)C2(C)C)CCCN1. The molecule has 0 aromatic rings. The van der Waals surface area contributed by atoms with Crippen molar-refractivity contribution in [2.75, 3.05) is 26.7 Å². The number of rotatable bonds is 4. The van der Waals surface area contributed by atoms with Crippen LogP contribution >= 0.6 is 0 Å². The Labute approximate surface area is 119 Å². The highest BCUT2D eigenvalue weighted by Gasteiger charge is 2.51. The van der Waals surface area contributed by atoms with Gasteiger partial charge in [-0.05, 0) is 31.8 Å². The topological polar surface area (TPSA) is 24.5 Å². The minimum atomic E-state index is 0.305. The Morgan fingerprint density at radius 1 is 1.42 bits per heavy atom. The molecule has 1 aliphatic carbocycles. The van der Waals surface area contributed by atoms with Gasteiger partial charge in [-0.3, -0.25) is 4.90 Å². The second kappa shape index (κ2) is 6.11. The van der Waals surface area contributed by atoms with Gasteiger partial charge in [-0.15, -0.1) is 0 Å². The summed E-state index contributed by atoms with van der Waals surface area (Å²) in [5, 5.41) is 3.74. The van der Waals surface area contributed by atoms with E-state index in [0.717, 1.165) is 5.92 Å². The summed E-state index contributed by atoms with van der Waals surface area (Å²) in [5.41, 5.74) is 0.305. The normalized spacial score (nSPS) is 37.4. The van der Waals surface area contributed by atoms with Crippen LogP contribution in [-0.4, -0.2) is 49.8 Å². The Kier molecular flexibility index (Phi) is 4.91. The quantitative estimate of drug-likeness (QED) is 0.848. The third-order valence-corrected chi connectivity index (χ3v) is 5.64. The molecule has 0 aromatic carbocycles. The molecule has 1 saturated heterocycles. The summed E-state index contributed by atoms with van der Waals surface area (Å²) < 4.78 is 5.61. The van der Waals surface area contributed by atoms with Crippen LogP contribution < -0.4 is 5.32 Å². The molecule has 1 heterocycles. The first-order valence-electron chi connectivity index (χ1n) is 8.00. The molecule has 1 aliphatic heterocycles. The molecule has 112 valence electrons. The molecule has 4 atom stereocenters. The molecule has 19 heavy (non-hydrogen) atoms. The number of methoxy groups -OCH3 is 1. The lowest BCUT2D eigenvalue weighted by atomic mass is 9.63. The zero-order chi connectivity index (χ0) is 14.0. The highest BCUT2D eigenvalue weighted by atomic mass is 16.5. The van der Waals surface area contributed by atoms with E-state index in [4.69, 9.17) is 4.74 Å². The molecular formula is C16H32N2O. The van der Waals surface area contributed by atoms with Crippen LogP contribution in [0, 0.1) is 11.3 Å². The fourth-order valence-electron chi connectivity index (χ4n) is 3.81. The Hall–Kier alpha value is -0.120. The van der Waals surface area contributed by atoms with Gasteiger partial charge in [0, 0.05) is 31.2 Å². The van der Waals surface area contributed by atoms with E-state index in [1.54, 1.807) is 0 Å². The van der Waals surface area contributed by atoms with E-state index in [0.29, 0.717) is 23.6 Å². The van der Waals surface area contributed by atoms with Crippen LogP contribution in [0.25, 0.3) is 0 Å². The maximum atomic E-state index is 5.61. The van der Waals surface area contributed by atoms with Gasteiger partial charge >= 0.3 is 0 Å². The number of hydrogen-bond donors (Lipinski definition) is 1. The van der Waals surface area contributed by atoms with E-state index in [1.165, 1.54) is 38.9 Å². The molecule has 0 aromatic heterocycles. The van der Waals surface area contributed by atoms with Crippen molar-refractivity contribution in [2.45, 2.75) is 65.1 Å². The molecule has 0 spiro atoms. The van der Waals surface area contributed by atoms with Crippen molar-refractivity contribution in [1.29, 1.82) is 0 Å². The monoisotopic (exact) mass is 268 g/mol. The molecule has 3 heteroatoms. The Morgan fingerprint density at radius 2 is 2.16 bits per heavy atom. The molecule has 1 saturated carbocycles. The van der Waals surface area contributed by atoms with Crippen LogP contribution in [0.2, 0.25) is 0 Å². The predicted octanol–water partition coefficient (Wildman–Crippen LogP) is 2.51. The highest BCUT2D eigenvalue weighted by molar-refractivity contribution is 5.04. The van der Waals surface area contributed by atoms with Gasteiger partial charge in [0.15, 0.2) is 0 Å². The maximum absolute atomic E-state index is 5.61. The summed E-state index contributed by atoms with van der Waals surface area (Å²) in [6.07, 6.45) is 4.18. The zero-order valence-electron chi connectivity index (χ0n) is 13.4. The van der Waals surface area contributed by atoms with Crippen LogP contribution in [0.3, 0.4) is 0 Å². The largest absolute Gasteiger partial charge is 0.381 e. The van der Waals surface area contributed by atoms with Crippen LogP contribution in [0.15, 0.2) is 0 Å². The molecule has 2 fully saturated rings. The maximum Gasteiger partial charge on any atom is 0.0652 e. The summed E-state index contributed by atoms with van der Waals surface area (Å²) in [7, 11) is 1.86. The average Bonchev–Trinajstić information content (AvgIpc) is 2.63. The lowest BCUT2D eigenvalue weighted by molar-refractivity contribution is -0.138. The molecular weight excluding hydrogens is 236 g/mol. The van der Waals surface area contributed by atoms with Gasteiger partial charge in [-0.1, -0.05) is 34.1 Å². The lowest BCUT2D eigenvalue weighted by Crippen LogP contribution is -2.63. The first kappa shape index (κ1) is 15.3. The molecule has 1 N–H and O–H groups in total. The Bertz CT molecular complexity index is 292. The van der Waals surface area contributed by atoms with Crippen LogP contribution in [0.5, 0.6) is 0 Å². The van der Waals surface area contributed by atoms with E-state index >= 15 is 0 Å². The summed E-state index contributed by atoms with van der Waals surface area (Å²) in [4.78, 5) is 2.73. The average molecular weight is 268 g/mol. The molecule has 0 amide bonds. The third-order valence-electron chi connectivity index (χ3n) is 5.64. The van der Waals surface area contributed by atoms with E-state index < -0.39 is 0 Å². The van der Waals surface area contributed by atoms with Gasteiger partial charge in [-0.25, -0.2) is 0 Å². The number of ether oxygens (including phenoxy) is 1. The zero-order valence-corrected chi connectivity index (χ0v) is 13.4. The van der Waals surface area contributed by atoms with Gasteiger partial charge in [0.1, 0.15) is 0 Å². The summed E-state index contributed by atoms with van der Waals surface area (Å²) in [6.45, 7) is 13.0. The standard InChI is InChI=1S/C16H32N2O/c1-6-12(2)13-11-18(9-7-8-17-13)14-10-15(19-5)16(14,3)4/h12-15,17H,6-11H2,1-5H3. The smallest absolute Gasteiger partial charge is 0.0652 e. The van der Waals surface area contributed by atoms with Gasteiger partial charge in [-0.2, -0.15) is 0 Å². The van der Waals surface area contributed by atoms with Crippen LogP contribution in [-0.2, 0) is 4.74 Å². The number of nitrogens with zero attached hydrogens (tertiary/aromatic N) is 1. The fourth-order valence-corrected chi connectivity index (χ4v) is 3.81. The van der Waals surface area contributed by atoms with Crippen molar-refractivity contribution in [1.82, 2.24) is 10.2 Å². The van der Waals surface area contributed by atoms with E-state index in [-0.39, 0.29) is 0 Å². The number of nitrogens with one attached hydrogen (secondary N) is 1. The Balaban J connectivity index is 1.99. The molecule has 0 radical (unpaired) electrons. The van der Waals surface area contributed by atoms with Crippen molar-refractivity contribution in [2.24, 2.45) is 11.3 Å². The molecule has 0 bridgehead atoms. The molecule has 2 rings (SSSR count). The fraction of sp³-hybridized carbons (Fsp3) is 1.00. The van der Waals surface area contributed by atoms with Gasteiger partial charge < -0.3 is 10.1 Å². The summed E-state index contributed by atoms with van der Waals surface area (Å²) in [5.74, 6) is 0.766. The Morgan fingerprint density at radius 3 is 2.74 bits per heavy atom. The van der Waals surface area contributed by atoms with E-state index in [9.17, 15) is 0 Å². The summed E-state index contributed by atoms with van der Waals surface area (Å²) >= 11 is 0. The minimum Gasteiger partial charge on any atom is -0.381 e. The predicted molar refractivity (Wildman–Crippen MR) is 80.4 cm³/mol. The van der Waals surface area contributed by atoms with E-state index in [1.807, 2.05) is 7.11 Å². The van der Waals surface area contributed by atoms with E-state index in [2.05, 4.69) is 37.9 Å². The van der Waals surface area contributed by atoms with Gasteiger partial charge in [0.25, 0.3) is 0 Å². The lowest BCUT2D eigenvalue weighted by Gasteiger charge is -2.56. The van der Waals surface area contributed by atoms with Crippen molar-refractivity contribution in [3.05, 3.63) is 0 Å². The van der Waals surface area contributed by atoms with Crippen molar-refractivity contribution in [3.63, 3.8) is 0 Å². The molecule has 4 unspecified atom stereocenters. The van der Waals surface area contributed by atoms with Crippen molar-refractivity contribution in [3.8, 4) is 0 Å². The second-order valence-corrected chi connectivity index (χ2v) is 7.09. The minimum absolute atomic E-state index is 0.305. The van der Waals surface area contributed by atoms with Crippen LogP contribution in [0.4, 0.5) is 0 Å². The van der Waals surface area contributed by atoms with Crippen molar-refractivity contribution < 1.29 is 4.74 Å². The van der Waals surface area contributed by atoms with Crippen LogP contribution in [0.1, 0.15) is 47.0 Å². The first-order chi connectivity index (χ1) is 9.00. The summed E-state index contributed by atoms with van der Waals surface area (Å²) in [6, 6.07) is 1.36. The third kappa shape index (κ3) is 2.98.